The first-order chi connectivity index (χ1) is 7.31. The van der Waals surface area contributed by atoms with Crippen molar-refractivity contribution in [3.63, 3.8) is 0 Å². The first-order valence-electron chi connectivity index (χ1n) is 5.41. The van der Waals surface area contributed by atoms with Crippen LogP contribution in [0.1, 0.15) is 27.2 Å². The molecule has 1 rings (SSSR count). The van der Waals surface area contributed by atoms with Crippen molar-refractivity contribution < 1.29 is 19.0 Å². The van der Waals surface area contributed by atoms with Gasteiger partial charge in [0.05, 0.1) is 6.61 Å². The summed E-state index contributed by atoms with van der Waals surface area (Å²) >= 11 is 1.47. The van der Waals surface area contributed by atoms with Gasteiger partial charge in [0.1, 0.15) is 5.60 Å². The second-order valence-corrected chi connectivity index (χ2v) is 6.04. The molecule has 1 N–H and O–H groups in total. The highest BCUT2D eigenvalue weighted by Gasteiger charge is 2.48. The van der Waals surface area contributed by atoms with E-state index in [1.54, 1.807) is 6.92 Å². The molecule has 0 aromatic rings. The van der Waals surface area contributed by atoms with Gasteiger partial charge in [-0.15, -0.1) is 0 Å². The van der Waals surface area contributed by atoms with E-state index < -0.39 is 17.7 Å². The monoisotopic (exact) mass is 250 g/mol. The van der Waals surface area contributed by atoms with Crippen LogP contribution in [0.5, 0.6) is 0 Å². The van der Waals surface area contributed by atoms with Crippen molar-refractivity contribution in [2.45, 2.75) is 39.0 Å². The zero-order chi connectivity index (χ0) is 12.4. The molecule has 1 heterocycles. The van der Waals surface area contributed by atoms with E-state index in [2.05, 4.69) is 4.74 Å². The van der Waals surface area contributed by atoms with Gasteiger partial charge in [-0.05, 0) is 24.5 Å². The lowest BCUT2D eigenvalue weighted by molar-refractivity contribution is -0.161. The van der Waals surface area contributed by atoms with Gasteiger partial charge in [-0.25, -0.2) is 9.18 Å². The Balaban J connectivity index is 2.72. The molecular formula is C11H19FO3S. The smallest absolute Gasteiger partial charge is 0.343 e. The number of hydrogen-bond acceptors (Lipinski definition) is 4. The normalized spacial score (nSPS) is 30.8. The van der Waals surface area contributed by atoms with Crippen molar-refractivity contribution in [2.24, 2.45) is 5.41 Å². The number of esters is 1. The fourth-order valence-corrected chi connectivity index (χ4v) is 3.39. The van der Waals surface area contributed by atoms with Crippen molar-refractivity contribution >= 4 is 17.7 Å². The molecule has 0 radical (unpaired) electrons. The summed E-state index contributed by atoms with van der Waals surface area (Å²) in [6, 6.07) is 0. The molecule has 0 saturated carbocycles. The summed E-state index contributed by atoms with van der Waals surface area (Å²) in [5.41, 5.74) is -1.74. The molecular weight excluding hydrogens is 231 g/mol. The molecule has 1 saturated heterocycles. The molecule has 0 aliphatic carbocycles. The van der Waals surface area contributed by atoms with E-state index >= 15 is 0 Å². The number of rotatable bonds is 3. The molecule has 1 aliphatic heterocycles. The van der Waals surface area contributed by atoms with E-state index in [0.717, 1.165) is 5.75 Å². The zero-order valence-corrected chi connectivity index (χ0v) is 10.8. The molecule has 0 bridgehead atoms. The molecule has 94 valence electrons. The highest BCUT2D eigenvalue weighted by Crippen LogP contribution is 2.41. The average Bonchev–Trinajstić information content (AvgIpc) is 2.15. The third-order valence-electron chi connectivity index (χ3n) is 2.59. The number of aliphatic hydroxyl groups is 1. The van der Waals surface area contributed by atoms with E-state index in [1.165, 1.54) is 11.8 Å². The summed E-state index contributed by atoms with van der Waals surface area (Å²) in [6.07, 6.45) is -1.66. The van der Waals surface area contributed by atoms with Gasteiger partial charge < -0.3 is 9.84 Å². The van der Waals surface area contributed by atoms with Gasteiger partial charge in [-0.1, -0.05) is 13.8 Å². The summed E-state index contributed by atoms with van der Waals surface area (Å²) in [7, 11) is 0. The predicted molar refractivity (Wildman–Crippen MR) is 62.2 cm³/mol. The molecule has 0 spiro atoms. The molecule has 0 aromatic carbocycles. The molecule has 1 fully saturated rings. The SMILES string of the molecule is CCOC(=O)C(F)C1(O)CSCC(C)(C)C1. The van der Waals surface area contributed by atoms with Crippen LogP contribution in [0.3, 0.4) is 0 Å². The molecule has 16 heavy (non-hydrogen) atoms. The zero-order valence-electron chi connectivity index (χ0n) is 9.96. The topological polar surface area (TPSA) is 46.5 Å². The summed E-state index contributed by atoms with van der Waals surface area (Å²) < 4.78 is 18.5. The van der Waals surface area contributed by atoms with Gasteiger partial charge in [0.2, 0.25) is 6.17 Å². The van der Waals surface area contributed by atoms with Gasteiger partial charge in [0, 0.05) is 5.75 Å². The Morgan fingerprint density at radius 3 is 2.69 bits per heavy atom. The first kappa shape index (κ1) is 13.8. The summed E-state index contributed by atoms with van der Waals surface area (Å²) in [5, 5.41) is 10.2. The quantitative estimate of drug-likeness (QED) is 0.776. The van der Waals surface area contributed by atoms with Crippen LogP contribution in [0.4, 0.5) is 4.39 Å². The number of alkyl halides is 1. The van der Waals surface area contributed by atoms with Crippen molar-refractivity contribution in [1.82, 2.24) is 0 Å². The number of ether oxygens (including phenoxy) is 1. The fourth-order valence-electron chi connectivity index (χ4n) is 2.03. The summed E-state index contributed by atoms with van der Waals surface area (Å²) in [5.74, 6) is 0.157. The maximum Gasteiger partial charge on any atom is 0.343 e. The van der Waals surface area contributed by atoms with Crippen molar-refractivity contribution in [3.8, 4) is 0 Å². The van der Waals surface area contributed by atoms with E-state index in [4.69, 9.17) is 0 Å². The molecule has 0 aromatic heterocycles. The maximum absolute atomic E-state index is 13.9. The van der Waals surface area contributed by atoms with Crippen LogP contribution in [0.2, 0.25) is 0 Å². The van der Waals surface area contributed by atoms with Gasteiger partial charge in [-0.2, -0.15) is 11.8 Å². The van der Waals surface area contributed by atoms with Crippen LogP contribution in [0, 0.1) is 5.41 Å². The minimum atomic E-state index is -1.94. The number of carbonyl (C=O) groups is 1. The van der Waals surface area contributed by atoms with Crippen molar-refractivity contribution in [2.75, 3.05) is 18.1 Å². The van der Waals surface area contributed by atoms with Crippen LogP contribution >= 0.6 is 11.8 Å². The largest absolute Gasteiger partial charge is 0.464 e. The third-order valence-corrected chi connectivity index (χ3v) is 4.28. The molecule has 1 aliphatic rings. The van der Waals surface area contributed by atoms with Gasteiger partial charge in [0.25, 0.3) is 0 Å². The Kier molecular flexibility index (Phi) is 4.23. The highest BCUT2D eigenvalue weighted by molar-refractivity contribution is 7.99. The van der Waals surface area contributed by atoms with E-state index in [9.17, 15) is 14.3 Å². The van der Waals surface area contributed by atoms with E-state index in [0.29, 0.717) is 0 Å². The van der Waals surface area contributed by atoms with Crippen molar-refractivity contribution in [1.29, 1.82) is 0 Å². The Bertz CT molecular complexity index is 270. The number of halogens is 1. The van der Waals surface area contributed by atoms with Crippen LogP contribution in [0.15, 0.2) is 0 Å². The maximum atomic E-state index is 13.9. The Hall–Kier alpha value is -0.290. The minimum Gasteiger partial charge on any atom is -0.464 e. The first-order valence-corrected chi connectivity index (χ1v) is 6.57. The molecule has 2 unspecified atom stereocenters. The van der Waals surface area contributed by atoms with Crippen LogP contribution in [-0.4, -0.2) is 41.0 Å². The molecule has 2 atom stereocenters. The van der Waals surface area contributed by atoms with Crippen LogP contribution < -0.4 is 0 Å². The Morgan fingerprint density at radius 2 is 2.19 bits per heavy atom. The van der Waals surface area contributed by atoms with Gasteiger partial charge >= 0.3 is 5.97 Å². The van der Waals surface area contributed by atoms with Gasteiger partial charge in [-0.3, -0.25) is 0 Å². The average molecular weight is 250 g/mol. The predicted octanol–water partition coefficient (Wildman–Crippen LogP) is 1.78. The standard InChI is InChI=1S/C11H19FO3S/c1-4-15-9(13)8(12)11(14)5-10(2,3)6-16-7-11/h8,14H,4-7H2,1-3H3. The molecule has 5 heteroatoms. The minimum absolute atomic E-state index is 0.131. The third kappa shape index (κ3) is 3.10. The lowest BCUT2D eigenvalue weighted by Crippen LogP contribution is -2.52. The van der Waals surface area contributed by atoms with E-state index in [1.807, 2.05) is 13.8 Å². The lowest BCUT2D eigenvalue weighted by atomic mass is 9.79. The number of hydrogen-bond donors (Lipinski definition) is 1. The lowest BCUT2D eigenvalue weighted by Gasteiger charge is -2.41. The van der Waals surface area contributed by atoms with Crippen LogP contribution in [-0.2, 0) is 9.53 Å². The highest BCUT2D eigenvalue weighted by atomic mass is 32.2. The molecule has 0 amide bonds. The number of thioether (sulfide) groups is 1. The Morgan fingerprint density at radius 1 is 1.56 bits per heavy atom. The second-order valence-electron chi connectivity index (χ2n) is 5.05. The molecule has 3 nitrogen and oxygen atoms in total. The van der Waals surface area contributed by atoms with Gasteiger partial charge in [0.15, 0.2) is 0 Å². The summed E-state index contributed by atoms with van der Waals surface area (Å²) in [4.78, 5) is 11.3. The second kappa shape index (κ2) is 4.92. The van der Waals surface area contributed by atoms with E-state index in [-0.39, 0.29) is 24.2 Å². The summed E-state index contributed by atoms with van der Waals surface area (Å²) in [6.45, 7) is 5.67. The Labute approximate surface area is 99.7 Å². The number of carbonyl (C=O) groups excluding carboxylic acids is 1. The van der Waals surface area contributed by atoms with Crippen molar-refractivity contribution in [3.05, 3.63) is 0 Å². The van der Waals surface area contributed by atoms with Crippen LogP contribution in [0.25, 0.3) is 0 Å². The fraction of sp³-hybridized carbons (Fsp3) is 0.909.